The normalized spacial score (nSPS) is 11.3. The van der Waals surface area contributed by atoms with Crippen molar-refractivity contribution < 1.29 is 22.4 Å². The standard InChI is InChI=1S/C17H11F3N2O2S/c18-17(19,20)25-14-7-3-12(4-8-14)16(23)22-13-5-1-11(2-6-13)15-9-21-10-24-15/h1-10H,(H,22,23). The number of aromatic nitrogens is 1. The Morgan fingerprint density at radius 3 is 2.28 bits per heavy atom. The molecule has 1 amide bonds. The van der Waals surface area contributed by atoms with Crippen LogP contribution in [-0.4, -0.2) is 16.4 Å². The Labute approximate surface area is 145 Å². The van der Waals surface area contributed by atoms with E-state index >= 15 is 0 Å². The Morgan fingerprint density at radius 2 is 1.72 bits per heavy atom. The van der Waals surface area contributed by atoms with Crippen LogP contribution in [-0.2, 0) is 0 Å². The Kier molecular flexibility index (Phi) is 4.80. The molecule has 0 bridgehead atoms. The predicted octanol–water partition coefficient (Wildman–Crippen LogP) is 5.21. The predicted molar refractivity (Wildman–Crippen MR) is 88.2 cm³/mol. The number of nitrogens with zero attached hydrogens (tertiary/aromatic N) is 1. The Hall–Kier alpha value is -2.74. The van der Waals surface area contributed by atoms with Crippen molar-refractivity contribution in [3.8, 4) is 11.3 Å². The lowest BCUT2D eigenvalue weighted by Crippen LogP contribution is -2.11. The van der Waals surface area contributed by atoms with Crippen LogP contribution in [0.4, 0.5) is 18.9 Å². The van der Waals surface area contributed by atoms with Gasteiger partial charge in [-0.25, -0.2) is 4.98 Å². The maximum Gasteiger partial charge on any atom is 0.446 e. The van der Waals surface area contributed by atoms with Gasteiger partial charge in [0.05, 0.1) is 6.20 Å². The molecule has 0 aliphatic heterocycles. The zero-order chi connectivity index (χ0) is 17.9. The molecule has 3 rings (SSSR count). The van der Waals surface area contributed by atoms with Crippen molar-refractivity contribution in [1.29, 1.82) is 0 Å². The van der Waals surface area contributed by atoms with Crippen LogP contribution in [0.1, 0.15) is 10.4 Å². The first kappa shape index (κ1) is 17.1. The molecule has 128 valence electrons. The van der Waals surface area contributed by atoms with Gasteiger partial charge in [0.1, 0.15) is 0 Å². The van der Waals surface area contributed by atoms with Crippen molar-refractivity contribution in [2.45, 2.75) is 10.4 Å². The first-order valence-electron chi connectivity index (χ1n) is 7.07. The minimum atomic E-state index is -4.35. The number of rotatable bonds is 4. The van der Waals surface area contributed by atoms with Crippen LogP contribution in [0.3, 0.4) is 0 Å². The summed E-state index contributed by atoms with van der Waals surface area (Å²) in [4.78, 5) is 16.0. The van der Waals surface area contributed by atoms with Gasteiger partial charge in [-0.05, 0) is 60.3 Å². The van der Waals surface area contributed by atoms with Crippen molar-refractivity contribution in [3.63, 3.8) is 0 Å². The van der Waals surface area contributed by atoms with Gasteiger partial charge in [0.15, 0.2) is 12.2 Å². The molecule has 8 heteroatoms. The van der Waals surface area contributed by atoms with Crippen LogP contribution in [0, 0.1) is 0 Å². The number of carbonyl (C=O) groups is 1. The van der Waals surface area contributed by atoms with E-state index in [1.54, 1.807) is 30.5 Å². The molecular weight excluding hydrogens is 353 g/mol. The molecular formula is C17H11F3N2O2S. The van der Waals surface area contributed by atoms with Crippen LogP contribution < -0.4 is 5.32 Å². The number of amides is 1. The van der Waals surface area contributed by atoms with Crippen LogP contribution in [0.25, 0.3) is 11.3 Å². The number of hydrogen-bond donors (Lipinski definition) is 1. The summed E-state index contributed by atoms with van der Waals surface area (Å²) in [6.45, 7) is 0. The van der Waals surface area contributed by atoms with E-state index in [9.17, 15) is 18.0 Å². The number of nitrogens with one attached hydrogen (secondary N) is 1. The second-order valence-corrected chi connectivity index (χ2v) is 6.11. The monoisotopic (exact) mass is 364 g/mol. The molecule has 0 spiro atoms. The van der Waals surface area contributed by atoms with E-state index in [1.807, 2.05) is 0 Å². The van der Waals surface area contributed by atoms with E-state index in [-0.39, 0.29) is 22.2 Å². The number of benzene rings is 2. The molecule has 1 N–H and O–H groups in total. The SMILES string of the molecule is O=C(Nc1ccc(-c2cnco2)cc1)c1ccc(SC(F)(F)F)cc1. The number of thioether (sulfide) groups is 1. The molecule has 0 radical (unpaired) electrons. The number of anilines is 1. The molecule has 3 aromatic rings. The maximum atomic E-state index is 12.3. The lowest BCUT2D eigenvalue weighted by molar-refractivity contribution is -0.0328. The largest absolute Gasteiger partial charge is 0.446 e. The number of hydrogen-bond acceptors (Lipinski definition) is 4. The third-order valence-electron chi connectivity index (χ3n) is 3.21. The Balaban J connectivity index is 1.65. The second-order valence-electron chi connectivity index (χ2n) is 4.97. The molecule has 2 aromatic carbocycles. The maximum absolute atomic E-state index is 12.3. The molecule has 0 fully saturated rings. The average Bonchev–Trinajstić information content (AvgIpc) is 3.09. The van der Waals surface area contributed by atoms with Gasteiger partial charge in [0.25, 0.3) is 5.91 Å². The molecule has 0 atom stereocenters. The molecule has 0 unspecified atom stereocenters. The van der Waals surface area contributed by atoms with Gasteiger partial charge >= 0.3 is 5.51 Å². The van der Waals surface area contributed by atoms with Crippen molar-refractivity contribution in [3.05, 3.63) is 66.7 Å². The number of alkyl halides is 3. The molecule has 0 saturated carbocycles. The van der Waals surface area contributed by atoms with Gasteiger partial charge in [0, 0.05) is 21.7 Å². The second kappa shape index (κ2) is 7.02. The van der Waals surface area contributed by atoms with Crippen LogP contribution in [0.5, 0.6) is 0 Å². The summed E-state index contributed by atoms with van der Waals surface area (Å²) >= 11 is -0.220. The Morgan fingerprint density at radius 1 is 1.04 bits per heavy atom. The van der Waals surface area contributed by atoms with Crippen molar-refractivity contribution in [2.75, 3.05) is 5.32 Å². The minimum absolute atomic E-state index is 0.0282. The van der Waals surface area contributed by atoms with E-state index in [4.69, 9.17) is 4.42 Å². The zero-order valence-electron chi connectivity index (χ0n) is 12.6. The fourth-order valence-electron chi connectivity index (χ4n) is 2.09. The Bertz CT molecular complexity index is 845. The lowest BCUT2D eigenvalue weighted by Gasteiger charge is -2.08. The first-order chi connectivity index (χ1) is 11.9. The third kappa shape index (κ3) is 4.63. The molecule has 0 aliphatic rings. The minimum Gasteiger partial charge on any atom is -0.444 e. The van der Waals surface area contributed by atoms with Gasteiger partial charge in [-0.1, -0.05) is 0 Å². The summed E-state index contributed by atoms with van der Waals surface area (Å²) in [5, 5.41) is 2.68. The number of halogens is 3. The van der Waals surface area contributed by atoms with Crippen LogP contribution >= 0.6 is 11.8 Å². The first-order valence-corrected chi connectivity index (χ1v) is 7.88. The highest BCUT2D eigenvalue weighted by Gasteiger charge is 2.29. The third-order valence-corrected chi connectivity index (χ3v) is 3.95. The van der Waals surface area contributed by atoms with E-state index in [0.717, 1.165) is 5.56 Å². The molecule has 4 nitrogen and oxygen atoms in total. The number of carbonyl (C=O) groups excluding carboxylic acids is 1. The quantitative estimate of drug-likeness (QED) is 0.646. The van der Waals surface area contributed by atoms with E-state index in [1.165, 1.54) is 30.7 Å². The summed E-state index contributed by atoms with van der Waals surface area (Å²) in [5.74, 6) is 0.201. The summed E-state index contributed by atoms with van der Waals surface area (Å²) in [6.07, 6.45) is 2.90. The highest BCUT2D eigenvalue weighted by atomic mass is 32.2. The zero-order valence-corrected chi connectivity index (χ0v) is 13.4. The van der Waals surface area contributed by atoms with Crippen molar-refractivity contribution >= 4 is 23.4 Å². The smallest absolute Gasteiger partial charge is 0.444 e. The van der Waals surface area contributed by atoms with Gasteiger partial charge < -0.3 is 9.73 Å². The van der Waals surface area contributed by atoms with Crippen LogP contribution in [0.15, 0.2) is 70.4 Å². The molecule has 1 aromatic heterocycles. The fraction of sp³-hybridized carbons (Fsp3) is 0.0588. The fourth-order valence-corrected chi connectivity index (χ4v) is 2.63. The highest BCUT2D eigenvalue weighted by molar-refractivity contribution is 8.00. The molecule has 0 aliphatic carbocycles. The topological polar surface area (TPSA) is 55.1 Å². The van der Waals surface area contributed by atoms with Crippen molar-refractivity contribution in [1.82, 2.24) is 4.98 Å². The van der Waals surface area contributed by atoms with Gasteiger partial charge in [-0.15, -0.1) is 0 Å². The summed E-state index contributed by atoms with van der Waals surface area (Å²) < 4.78 is 42.1. The van der Waals surface area contributed by atoms with Gasteiger partial charge in [0.2, 0.25) is 0 Å². The molecule has 25 heavy (non-hydrogen) atoms. The number of oxazole rings is 1. The van der Waals surface area contributed by atoms with Gasteiger partial charge in [-0.2, -0.15) is 13.2 Å². The van der Waals surface area contributed by atoms with Crippen molar-refractivity contribution in [2.24, 2.45) is 0 Å². The van der Waals surface area contributed by atoms with E-state index < -0.39 is 11.4 Å². The lowest BCUT2D eigenvalue weighted by atomic mass is 10.1. The van der Waals surface area contributed by atoms with E-state index in [2.05, 4.69) is 10.3 Å². The highest BCUT2D eigenvalue weighted by Crippen LogP contribution is 2.36. The van der Waals surface area contributed by atoms with E-state index in [0.29, 0.717) is 11.4 Å². The molecule has 0 saturated heterocycles. The summed E-state index contributed by atoms with van der Waals surface area (Å²) in [7, 11) is 0. The van der Waals surface area contributed by atoms with Crippen LogP contribution in [0.2, 0.25) is 0 Å². The average molecular weight is 364 g/mol. The van der Waals surface area contributed by atoms with Gasteiger partial charge in [-0.3, -0.25) is 4.79 Å². The summed E-state index contributed by atoms with van der Waals surface area (Å²) in [6, 6.07) is 12.2. The molecule has 1 heterocycles. The summed E-state index contributed by atoms with van der Waals surface area (Å²) in [5.41, 5.74) is -2.72.